The average Bonchev–Trinajstić information content (AvgIpc) is 2.61. The second-order valence-electron chi connectivity index (χ2n) is 6.70. The molecule has 1 saturated heterocycles. The lowest BCUT2D eigenvalue weighted by atomic mass is 10.1. The molecule has 0 radical (unpaired) electrons. The molecule has 1 fully saturated rings. The van der Waals surface area contributed by atoms with E-state index < -0.39 is 4.92 Å². The summed E-state index contributed by atoms with van der Waals surface area (Å²) in [5.74, 6) is -0.218. The van der Waals surface area contributed by atoms with Crippen molar-refractivity contribution in [3.8, 4) is 0 Å². The van der Waals surface area contributed by atoms with E-state index in [4.69, 9.17) is 0 Å². The van der Waals surface area contributed by atoms with Crippen molar-refractivity contribution in [2.75, 3.05) is 32.7 Å². The van der Waals surface area contributed by atoms with E-state index in [1.165, 1.54) is 6.07 Å². The fourth-order valence-electron chi connectivity index (χ4n) is 2.86. The van der Waals surface area contributed by atoms with Gasteiger partial charge in [-0.3, -0.25) is 24.6 Å². The van der Waals surface area contributed by atoms with Crippen molar-refractivity contribution in [1.29, 1.82) is 0 Å². The number of nitro benzene ring substituents is 1. The lowest BCUT2D eigenvalue weighted by Gasteiger charge is -2.34. The maximum Gasteiger partial charge on any atom is 0.273 e. The molecule has 1 aromatic rings. The molecule has 1 aliphatic heterocycles. The van der Waals surface area contributed by atoms with Crippen molar-refractivity contribution < 1.29 is 14.5 Å². The molecule has 0 bridgehead atoms. The SMILES string of the molecule is CCC(C)NC(=O)CN1CCN(C(=O)c2ccc(C)c([N+](=O)[O-])c2)CC1. The van der Waals surface area contributed by atoms with Crippen molar-refractivity contribution in [1.82, 2.24) is 15.1 Å². The minimum absolute atomic E-state index is 0.00622. The highest BCUT2D eigenvalue weighted by molar-refractivity contribution is 5.95. The number of nitrogens with one attached hydrogen (secondary N) is 1. The Morgan fingerprint density at radius 1 is 1.27 bits per heavy atom. The summed E-state index contributed by atoms with van der Waals surface area (Å²) in [4.78, 5) is 38.8. The average molecular weight is 362 g/mol. The smallest absolute Gasteiger partial charge is 0.273 e. The molecule has 1 aromatic carbocycles. The molecule has 1 atom stereocenters. The first kappa shape index (κ1) is 19.8. The number of carbonyl (C=O) groups is 2. The summed E-state index contributed by atoms with van der Waals surface area (Å²) in [6.45, 7) is 8.16. The second-order valence-corrected chi connectivity index (χ2v) is 6.70. The summed E-state index contributed by atoms with van der Waals surface area (Å²) >= 11 is 0. The van der Waals surface area contributed by atoms with Crippen LogP contribution in [0.2, 0.25) is 0 Å². The molecule has 0 aromatic heterocycles. The molecule has 0 aliphatic carbocycles. The number of aryl methyl sites for hydroxylation is 1. The molecule has 142 valence electrons. The van der Waals surface area contributed by atoms with E-state index in [0.29, 0.717) is 43.9 Å². The Morgan fingerprint density at radius 3 is 2.50 bits per heavy atom. The molecule has 1 N–H and O–H groups in total. The van der Waals surface area contributed by atoms with Gasteiger partial charge in [0.05, 0.1) is 11.5 Å². The van der Waals surface area contributed by atoms with Crippen molar-refractivity contribution >= 4 is 17.5 Å². The molecule has 1 heterocycles. The molecular formula is C18H26N4O4. The first-order valence-electron chi connectivity index (χ1n) is 8.87. The fourth-order valence-corrected chi connectivity index (χ4v) is 2.86. The largest absolute Gasteiger partial charge is 0.353 e. The molecular weight excluding hydrogens is 336 g/mol. The lowest BCUT2D eigenvalue weighted by molar-refractivity contribution is -0.385. The third-order valence-electron chi connectivity index (χ3n) is 4.70. The van der Waals surface area contributed by atoms with Crippen LogP contribution in [0, 0.1) is 17.0 Å². The first-order valence-corrected chi connectivity index (χ1v) is 8.87. The van der Waals surface area contributed by atoms with Gasteiger partial charge in [-0.15, -0.1) is 0 Å². The molecule has 2 rings (SSSR count). The summed E-state index contributed by atoms with van der Waals surface area (Å²) < 4.78 is 0. The summed E-state index contributed by atoms with van der Waals surface area (Å²) in [6, 6.07) is 4.71. The predicted molar refractivity (Wildman–Crippen MR) is 98.1 cm³/mol. The maximum absolute atomic E-state index is 12.6. The molecule has 1 unspecified atom stereocenters. The molecule has 0 spiro atoms. The number of carbonyl (C=O) groups excluding carboxylic acids is 2. The molecule has 8 nitrogen and oxygen atoms in total. The van der Waals surface area contributed by atoms with Crippen molar-refractivity contribution in [3.63, 3.8) is 0 Å². The Hall–Kier alpha value is -2.48. The van der Waals surface area contributed by atoms with Gasteiger partial charge in [0.1, 0.15) is 0 Å². The number of amides is 2. The van der Waals surface area contributed by atoms with E-state index in [1.807, 2.05) is 18.7 Å². The molecule has 8 heteroatoms. The Balaban J connectivity index is 1.91. The number of hydrogen-bond acceptors (Lipinski definition) is 5. The van der Waals surface area contributed by atoms with Crippen LogP contribution in [0.4, 0.5) is 5.69 Å². The Kier molecular flexibility index (Phi) is 6.68. The van der Waals surface area contributed by atoms with Crippen molar-refractivity contribution in [3.05, 3.63) is 39.4 Å². The molecule has 2 amide bonds. The normalized spacial score (nSPS) is 16.2. The van der Waals surface area contributed by atoms with Gasteiger partial charge >= 0.3 is 0 Å². The predicted octanol–water partition coefficient (Wildman–Crippen LogP) is 1.58. The zero-order chi connectivity index (χ0) is 19.3. The van der Waals surface area contributed by atoms with Crippen LogP contribution in [-0.4, -0.2) is 65.3 Å². The highest BCUT2D eigenvalue weighted by Crippen LogP contribution is 2.20. The summed E-state index contributed by atoms with van der Waals surface area (Å²) in [7, 11) is 0. The minimum atomic E-state index is -0.472. The van der Waals surface area contributed by atoms with Crippen LogP contribution < -0.4 is 5.32 Å². The van der Waals surface area contributed by atoms with Crippen LogP contribution in [0.3, 0.4) is 0 Å². The third-order valence-corrected chi connectivity index (χ3v) is 4.70. The van der Waals surface area contributed by atoms with Gasteiger partial charge in [-0.05, 0) is 26.3 Å². The summed E-state index contributed by atoms with van der Waals surface area (Å²) in [5, 5.41) is 14.0. The number of benzene rings is 1. The zero-order valence-corrected chi connectivity index (χ0v) is 15.5. The number of nitro groups is 1. The number of hydrogen-bond donors (Lipinski definition) is 1. The second kappa shape index (κ2) is 8.75. The maximum atomic E-state index is 12.6. The highest BCUT2D eigenvalue weighted by atomic mass is 16.6. The van der Waals surface area contributed by atoms with E-state index in [-0.39, 0.29) is 23.5 Å². The van der Waals surface area contributed by atoms with E-state index >= 15 is 0 Å². The Morgan fingerprint density at radius 2 is 1.92 bits per heavy atom. The Bertz CT molecular complexity index is 684. The van der Waals surface area contributed by atoms with Gasteiger partial charge in [0, 0.05) is 49.4 Å². The number of nitrogens with zero attached hydrogens (tertiary/aromatic N) is 3. The first-order chi connectivity index (χ1) is 12.3. The van der Waals surface area contributed by atoms with Crippen LogP contribution in [0.25, 0.3) is 0 Å². The van der Waals surface area contributed by atoms with Gasteiger partial charge in [-0.1, -0.05) is 13.0 Å². The third kappa shape index (κ3) is 5.01. The monoisotopic (exact) mass is 362 g/mol. The van der Waals surface area contributed by atoms with Crippen LogP contribution in [0.5, 0.6) is 0 Å². The summed E-state index contributed by atoms with van der Waals surface area (Å²) in [5.41, 5.74) is 0.810. The fraction of sp³-hybridized carbons (Fsp3) is 0.556. The van der Waals surface area contributed by atoms with Crippen LogP contribution in [0.1, 0.15) is 36.2 Å². The van der Waals surface area contributed by atoms with E-state index in [9.17, 15) is 19.7 Å². The van der Waals surface area contributed by atoms with Crippen molar-refractivity contribution in [2.24, 2.45) is 0 Å². The molecule has 1 aliphatic rings. The van der Waals surface area contributed by atoms with Gasteiger partial charge in [-0.25, -0.2) is 0 Å². The van der Waals surface area contributed by atoms with Crippen molar-refractivity contribution in [2.45, 2.75) is 33.2 Å². The van der Waals surface area contributed by atoms with E-state index in [0.717, 1.165) is 6.42 Å². The van der Waals surface area contributed by atoms with Gasteiger partial charge < -0.3 is 10.2 Å². The quantitative estimate of drug-likeness (QED) is 0.612. The zero-order valence-electron chi connectivity index (χ0n) is 15.5. The minimum Gasteiger partial charge on any atom is -0.353 e. The van der Waals surface area contributed by atoms with Crippen LogP contribution in [0.15, 0.2) is 18.2 Å². The van der Waals surface area contributed by atoms with Gasteiger partial charge in [0.15, 0.2) is 0 Å². The van der Waals surface area contributed by atoms with Gasteiger partial charge in [0.2, 0.25) is 5.91 Å². The number of rotatable bonds is 6. The highest BCUT2D eigenvalue weighted by Gasteiger charge is 2.25. The van der Waals surface area contributed by atoms with Crippen LogP contribution >= 0.6 is 0 Å². The lowest BCUT2D eigenvalue weighted by Crippen LogP contribution is -2.51. The molecule has 0 saturated carbocycles. The van der Waals surface area contributed by atoms with Crippen LogP contribution in [-0.2, 0) is 4.79 Å². The Labute approximate surface area is 153 Å². The topological polar surface area (TPSA) is 95.8 Å². The van der Waals surface area contributed by atoms with Gasteiger partial charge in [0.25, 0.3) is 11.6 Å². The van der Waals surface area contributed by atoms with Gasteiger partial charge in [-0.2, -0.15) is 0 Å². The van der Waals surface area contributed by atoms with E-state index in [2.05, 4.69) is 5.32 Å². The summed E-state index contributed by atoms with van der Waals surface area (Å²) in [6.07, 6.45) is 0.886. The molecule has 26 heavy (non-hydrogen) atoms. The number of piperazine rings is 1. The van der Waals surface area contributed by atoms with E-state index in [1.54, 1.807) is 24.0 Å². The standard InChI is InChI=1S/C18H26N4O4/c1-4-14(3)19-17(23)12-20-7-9-21(10-8-20)18(24)15-6-5-13(2)16(11-15)22(25)26/h5-6,11,14H,4,7-10,12H2,1-3H3,(H,19,23).